The standard InChI is InChI=1S/C21H27N3O4/c25-19-10-9-18(24(19)15-5-1-2-6-15)20(26)22-17-8-4-3-7-16(17)21(27)23-11-13-28-14-12-23/h3-4,7-8,15,18H,1-2,5-6,9-14H2,(H,22,26)/t18-/m1/s1. The molecule has 0 spiro atoms. The average Bonchev–Trinajstić information content (AvgIpc) is 3.38. The van der Waals surface area contributed by atoms with Gasteiger partial charge in [-0.3, -0.25) is 14.4 Å². The van der Waals surface area contributed by atoms with Crippen molar-refractivity contribution in [3.63, 3.8) is 0 Å². The molecule has 4 rings (SSSR count). The van der Waals surface area contributed by atoms with Gasteiger partial charge in [0, 0.05) is 25.6 Å². The van der Waals surface area contributed by atoms with Gasteiger partial charge in [-0.05, 0) is 31.4 Å². The molecule has 1 N–H and O–H groups in total. The van der Waals surface area contributed by atoms with E-state index in [1.807, 2.05) is 0 Å². The summed E-state index contributed by atoms with van der Waals surface area (Å²) in [5, 5.41) is 2.93. The largest absolute Gasteiger partial charge is 0.378 e. The summed E-state index contributed by atoms with van der Waals surface area (Å²) in [6, 6.07) is 6.83. The predicted molar refractivity (Wildman–Crippen MR) is 104 cm³/mol. The van der Waals surface area contributed by atoms with E-state index in [9.17, 15) is 14.4 Å². The highest BCUT2D eigenvalue weighted by molar-refractivity contribution is 6.06. The normalized spacial score (nSPS) is 23.3. The van der Waals surface area contributed by atoms with Gasteiger partial charge in [-0.25, -0.2) is 0 Å². The van der Waals surface area contributed by atoms with E-state index in [2.05, 4.69) is 5.32 Å². The molecule has 1 aromatic carbocycles. The molecule has 1 aromatic rings. The number of para-hydroxylation sites is 1. The summed E-state index contributed by atoms with van der Waals surface area (Å²) in [6.45, 7) is 2.16. The Morgan fingerprint density at radius 1 is 1.04 bits per heavy atom. The Morgan fingerprint density at radius 3 is 2.50 bits per heavy atom. The smallest absolute Gasteiger partial charge is 0.256 e. The average molecular weight is 385 g/mol. The maximum atomic E-state index is 13.0. The van der Waals surface area contributed by atoms with E-state index in [1.54, 1.807) is 34.1 Å². The number of ether oxygens (including phenoxy) is 1. The first-order valence-corrected chi connectivity index (χ1v) is 10.2. The highest BCUT2D eigenvalue weighted by atomic mass is 16.5. The van der Waals surface area contributed by atoms with Gasteiger partial charge in [0.1, 0.15) is 6.04 Å². The van der Waals surface area contributed by atoms with Crippen molar-refractivity contribution in [2.75, 3.05) is 31.6 Å². The van der Waals surface area contributed by atoms with Crippen LogP contribution in [0, 0.1) is 0 Å². The van der Waals surface area contributed by atoms with Gasteiger partial charge in [0.05, 0.1) is 24.5 Å². The molecule has 7 nitrogen and oxygen atoms in total. The number of hydrogen-bond donors (Lipinski definition) is 1. The zero-order chi connectivity index (χ0) is 19.5. The van der Waals surface area contributed by atoms with Crippen molar-refractivity contribution in [3.05, 3.63) is 29.8 Å². The third-order valence-electron chi connectivity index (χ3n) is 5.99. The maximum absolute atomic E-state index is 13.0. The second-order valence-corrected chi connectivity index (χ2v) is 7.73. The van der Waals surface area contributed by atoms with Crippen LogP contribution < -0.4 is 5.32 Å². The van der Waals surface area contributed by atoms with E-state index in [0.29, 0.717) is 50.4 Å². The molecule has 1 atom stereocenters. The molecule has 3 aliphatic rings. The minimum atomic E-state index is -0.442. The number of likely N-dealkylation sites (tertiary alicyclic amines) is 1. The summed E-state index contributed by atoms with van der Waals surface area (Å²) in [5.41, 5.74) is 0.990. The minimum Gasteiger partial charge on any atom is -0.378 e. The van der Waals surface area contributed by atoms with Gasteiger partial charge < -0.3 is 19.9 Å². The zero-order valence-corrected chi connectivity index (χ0v) is 16.1. The van der Waals surface area contributed by atoms with Crippen LogP contribution in [0.1, 0.15) is 48.9 Å². The van der Waals surface area contributed by atoms with Crippen LogP contribution in [-0.4, -0.2) is 65.9 Å². The second-order valence-electron chi connectivity index (χ2n) is 7.73. The Labute approximate surface area is 165 Å². The third-order valence-corrected chi connectivity index (χ3v) is 5.99. The lowest BCUT2D eigenvalue weighted by Gasteiger charge is -2.30. The summed E-state index contributed by atoms with van der Waals surface area (Å²) in [7, 11) is 0. The fourth-order valence-corrected chi connectivity index (χ4v) is 4.53. The van der Waals surface area contributed by atoms with Gasteiger partial charge in [-0.2, -0.15) is 0 Å². The van der Waals surface area contributed by atoms with Crippen molar-refractivity contribution in [2.24, 2.45) is 0 Å². The van der Waals surface area contributed by atoms with Crippen molar-refractivity contribution in [1.29, 1.82) is 0 Å². The van der Waals surface area contributed by atoms with E-state index in [-0.39, 0.29) is 23.8 Å². The molecule has 3 amide bonds. The van der Waals surface area contributed by atoms with Crippen LogP contribution in [0.4, 0.5) is 5.69 Å². The van der Waals surface area contributed by atoms with Crippen LogP contribution in [0.25, 0.3) is 0 Å². The quantitative estimate of drug-likeness (QED) is 0.860. The van der Waals surface area contributed by atoms with Crippen molar-refractivity contribution in [1.82, 2.24) is 9.80 Å². The van der Waals surface area contributed by atoms with Crippen LogP contribution in [0.3, 0.4) is 0 Å². The summed E-state index contributed by atoms with van der Waals surface area (Å²) in [4.78, 5) is 41.9. The monoisotopic (exact) mass is 385 g/mol. The highest BCUT2D eigenvalue weighted by Crippen LogP contribution is 2.31. The molecule has 2 aliphatic heterocycles. The fraction of sp³-hybridized carbons (Fsp3) is 0.571. The van der Waals surface area contributed by atoms with Crippen LogP contribution in [-0.2, 0) is 14.3 Å². The SMILES string of the molecule is O=C(Nc1ccccc1C(=O)N1CCOCC1)[C@H]1CCC(=O)N1C1CCCC1. The zero-order valence-electron chi connectivity index (χ0n) is 16.1. The lowest BCUT2D eigenvalue weighted by molar-refractivity contribution is -0.135. The van der Waals surface area contributed by atoms with E-state index in [0.717, 1.165) is 25.7 Å². The molecule has 150 valence electrons. The van der Waals surface area contributed by atoms with Gasteiger partial charge >= 0.3 is 0 Å². The molecule has 2 saturated heterocycles. The Hall–Kier alpha value is -2.41. The summed E-state index contributed by atoms with van der Waals surface area (Å²) in [5.74, 6) is -0.223. The molecule has 1 aliphatic carbocycles. The number of nitrogens with zero attached hydrogens (tertiary/aromatic N) is 2. The molecular weight excluding hydrogens is 358 g/mol. The lowest BCUT2D eigenvalue weighted by Crippen LogP contribution is -2.46. The van der Waals surface area contributed by atoms with E-state index in [4.69, 9.17) is 4.74 Å². The number of carbonyl (C=O) groups excluding carboxylic acids is 3. The Bertz CT molecular complexity index is 754. The first-order valence-electron chi connectivity index (χ1n) is 10.2. The number of anilines is 1. The molecule has 28 heavy (non-hydrogen) atoms. The van der Waals surface area contributed by atoms with E-state index in [1.165, 1.54) is 0 Å². The Morgan fingerprint density at radius 2 is 1.75 bits per heavy atom. The predicted octanol–water partition coefficient (Wildman–Crippen LogP) is 2.03. The van der Waals surface area contributed by atoms with Crippen molar-refractivity contribution < 1.29 is 19.1 Å². The Balaban J connectivity index is 1.50. The summed E-state index contributed by atoms with van der Waals surface area (Å²) in [6.07, 6.45) is 5.13. The minimum absolute atomic E-state index is 0.0738. The van der Waals surface area contributed by atoms with Gasteiger partial charge in [0.15, 0.2) is 0 Å². The van der Waals surface area contributed by atoms with Crippen LogP contribution in [0.2, 0.25) is 0 Å². The van der Waals surface area contributed by atoms with Gasteiger partial charge in [0.2, 0.25) is 11.8 Å². The van der Waals surface area contributed by atoms with Gasteiger partial charge in [-0.15, -0.1) is 0 Å². The molecular formula is C21H27N3O4. The molecule has 1 saturated carbocycles. The number of nitrogens with one attached hydrogen (secondary N) is 1. The first kappa shape index (κ1) is 18.9. The van der Waals surface area contributed by atoms with Crippen molar-refractivity contribution in [2.45, 2.75) is 50.6 Å². The summed E-state index contributed by atoms with van der Waals surface area (Å²) < 4.78 is 5.32. The molecule has 0 unspecified atom stereocenters. The Kier molecular flexibility index (Phi) is 5.62. The molecule has 7 heteroatoms. The molecule has 2 heterocycles. The second kappa shape index (κ2) is 8.31. The number of benzene rings is 1. The molecule has 0 bridgehead atoms. The highest BCUT2D eigenvalue weighted by Gasteiger charge is 2.41. The lowest BCUT2D eigenvalue weighted by atomic mass is 10.1. The van der Waals surface area contributed by atoms with Crippen LogP contribution in [0.15, 0.2) is 24.3 Å². The number of morpholine rings is 1. The van der Waals surface area contributed by atoms with Crippen LogP contribution >= 0.6 is 0 Å². The van der Waals surface area contributed by atoms with Gasteiger partial charge in [0.25, 0.3) is 5.91 Å². The number of hydrogen-bond acceptors (Lipinski definition) is 4. The van der Waals surface area contributed by atoms with Crippen LogP contribution in [0.5, 0.6) is 0 Å². The van der Waals surface area contributed by atoms with Gasteiger partial charge in [-0.1, -0.05) is 25.0 Å². The summed E-state index contributed by atoms with van der Waals surface area (Å²) >= 11 is 0. The molecule has 3 fully saturated rings. The number of carbonyl (C=O) groups is 3. The maximum Gasteiger partial charge on any atom is 0.256 e. The first-order chi connectivity index (χ1) is 13.6. The van der Waals surface area contributed by atoms with E-state index >= 15 is 0 Å². The van der Waals surface area contributed by atoms with E-state index < -0.39 is 6.04 Å². The fourth-order valence-electron chi connectivity index (χ4n) is 4.53. The van der Waals surface area contributed by atoms with Crippen molar-refractivity contribution in [3.8, 4) is 0 Å². The third kappa shape index (κ3) is 3.76. The number of rotatable bonds is 4. The topological polar surface area (TPSA) is 79.0 Å². The molecule has 0 radical (unpaired) electrons. The molecule has 0 aromatic heterocycles. The van der Waals surface area contributed by atoms with Crippen molar-refractivity contribution >= 4 is 23.4 Å². The number of amides is 3.